The molecule has 0 amide bonds. The minimum Gasteiger partial charge on any atom is -0.310 e. The van der Waals surface area contributed by atoms with E-state index in [1.165, 1.54) is 65.6 Å². The van der Waals surface area contributed by atoms with Crippen LogP contribution in [0.4, 0.5) is 34.1 Å². The molecular formula is C70H48N4. The quantitative estimate of drug-likeness (QED) is 0.136. The highest BCUT2D eigenvalue weighted by atomic mass is 15.2. The van der Waals surface area contributed by atoms with Gasteiger partial charge < -0.3 is 18.9 Å². The van der Waals surface area contributed by atoms with Gasteiger partial charge in [-0.1, -0.05) is 182 Å². The van der Waals surface area contributed by atoms with Crippen LogP contribution in [0.3, 0.4) is 0 Å². The Morgan fingerprint density at radius 2 is 0.514 bits per heavy atom. The highest BCUT2D eigenvalue weighted by molar-refractivity contribution is 6.18. The average molecular weight is 945 g/mol. The second-order valence-electron chi connectivity index (χ2n) is 18.9. The van der Waals surface area contributed by atoms with Crippen LogP contribution >= 0.6 is 0 Å². The van der Waals surface area contributed by atoms with E-state index in [1.807, 2.05) is 0 Å². The Kier molecular flexibility index (Phi) is 10.5. The van der Waals surface area contributed by atoms with Crippen LogP contribution in [0.5, 0.6) is 0 Å². The summed E-state index contributed by atoms with van der Waals surface area (Å²) in [5, 5.41) is 7.31. The lowest BCUT2D eigenvalue weighted by molar-refractivity contribution is 1.18. The molecule has 0 unspecified atom stereocenters. The van der Waals surface area contributed by atoms with Crippen molar-refractivity contribution in [3.05, 3.63) is 291 Å². The van der Waals surface area contributed by atoms with Gasteiger partial charge in [0, 0.05) is 55.7 Å². The number of anilines is 6. The molecule has 74 heavy (non-hydrogen) atoms. The first-order valence-electron chi connectivity index (χ1n) is 25.3. The molecule has 0 spiro atoms. The number of fused-ring (bicyclic) bond motifs is 7. The Labute approximate surface area is 430 Å². The molecule has 4 heteroatoms. The summed E-state index contributed by atoms with van der Waals surface area (Å²) in [5.41, 5.74) is 18.4. The highest BCUT2D eigenvalue weighted by Gasteiger charge is 2.23. The number of nitrogens with zero attached hydrogens (tertiary/aromatic N) is 4. The van der Waals surface area contributed by atoms with Crippen molar-refractivity contribution in [1.82, 2.24) is 9.13 Å². The Hall–Kier alpha value is -9.90. The van der Waals surface area contributed by atoms with Gasteiger partial charge in [-0.15, -0.1) is 0 Å². The van der Waals surface area contributed by atoms with Gasteiger partial charge in [0.25, 0.3) is 0 Å². The summed E-state index contributed by atoms with van der Waals surface area (Å²) >= 11 is 0. The predicted molar refractivity (Wildman–Crippen MR) is 313 cm³/mol. The van der Waals surface area contributed by atoms with Gasteiger partial charge in [-0.2, -0.15) is 0 Å². The minimum absolute atomic E-state index is 1.12. The van der Waals surface area contributed by atoms with Gasteiger partial charge in [-0.05, 0) is 142 Å². The van der Waals surface area contributed by atoms with Crippen molar-refractivity contribution in [3.8, 4) is 33.6 Å². The van der Waals surface area contributed by atoms with Crippen LogP contribution in [0.2, 0.25) is 0 Å². The smallest absolute Gasteiger partial charge is 0.0562 e. The molecule has 0 saturated carbocycles. The summed E-state index contributed by atoms with van der Waals surface area (Å²) in [5.74, 6) is 0. The largest absolute Gasteiger partial charge is 0.310 e. The number of benzene rings is 12. The summed E-state index contributed by atoms with van der Waals surface area (Å²) in [4.78, 5) is 4.75. The molecule has 2 heterocycles. The third-order valence-electron chi connectivity index (χ3n) is 14.7. The first kappa shape index (κ1) is 42.9. The van der Waals surface area contributed by atoms with E-state index in [2.05, 4.69) is 310 Å². The molecule has 12 aromatic carbocycles. The van der Waals surface area contributed by atoms with E-state index >= 15 is 0 Å². The molecule has 348 valence electrons. The third-order valence-corrected chi connectivity index (χ3v) is 14.7. The second-order valence-corrected chi connectivity index (χ2v) is 18.9. The predicted octanol–water partition coefficient (Wildman–Crippen LogP) is 19.3. The maximum absolute atomic E-state index is 2.42. The summed E-state index contributed by atoms with van der Waals surface area (Å²) < 4.78 is 4.83. The van der Waals surface area contributed by atoms with Crippen LogP contribution in [0.1, 0.15) is 0 Å². The van der Waals surface area contributed by atoms with Crippen molar-refractivity contribution in [2.75, 3.05) is 9.80 Å². The topological polar surface area (TPSA) is 16.3 Å². The molecule has 14 aromatic rings. The van der Waals surface area contributed by atoms with Crippen molar-refractivity contribution < 1.29 is 0 Å². The average Bonchev–Trinajstić information content (AvgIpc) is 4.00. The zero-order valence-corrected chi connectivity index (χ0v) is 40.5. The minimum atomic E-state index is 1.12. The molecule has 0 aliphatic rings. The lowest BCUT2D eigenvalue weighted by Gasteiger charge is -2.26. The molecule has 0 fully saturated rings. The van der Waals surface area contributed by atoms with Gasteiger partial charge >= 0.3 is 0 Å². The van der Waals surface area contributed by atoms with Crippen LogP contribution in [0.15, 0.2) is 291 Å². The number of para-hydroxylation sites is 6. The van der Waals surface area contributed by atoms with Gasteiger partial charge in [-0.25, -0.2) is 0 Å². The van der Waals surface area contributed by atoms with E-state index in [1.54, 1.807) is 0 Å². The Morgan fingerprint density at radius 3 is 0.878 bits per heavy atom. The fourth-order valence-corrected chi connectivity index (χ4v) is 11.5. The fraction of sp³-hybridized carbons (Fsp3) is 0. The van der Waals surface area contributed by atoms with E-state index in [-0.39, 0.29) is 0 Å². The van der Waals surface area contributed by atoms with Crippen LogP contribution in [-0.2, 0) is 0 Å². The van der Waals surface area contributed by atoms with Gasteiger partial charge in [0.1, 0.15) is 0 Å². The summed E-state index contributed by atoms with van der Waals surface area (Å²) in [7, 11) is 0. The first-order chi connectivity index (χ1) is 36.8. The van der Waals surface area contributed by atoms with E-state index < -0.39 is 0 Å². The van der Waals surface area contributed by atoms with Crippen LogP contribution < -0.4 is 9.80 Å². The van der Waals surface area contributed by atoms with Crippen molar-refractivity contribution in [1.29, 1.82) is 0 Å². The lowest BCUT2D eigenvalue weighted by atomic mass is 9.93. The number of aromatic nitrogens is 2. The number of rotatable bonds is 10. The van der Waals surface area contributed by atoms with Crippen LogP contribution in [-0.4, -0.2) is 9.13 Å². The van der Waals surface area contributed by atoms with Crippen LogP contribution in [0, 0.1) is 0 Å². The van der Waals surface area contributed by atoms with E-state index in [4.69, 9.17) is 0 Å². The first-order valence-corrected chi connectivity index (χ1v) is 25.3. The Balaban J connectivity index is 0.829. The molecule has 0 radical (unpaired) electrons. The second kappa shape index (κ2) is 18.1. The van der Waals surface area contributed by atoms with E-state index in [0.717, 1.165) is 56.5 Å². The molecule has 0 aliphatic carbocycles. The molecule has 0 saturated heterocycles. The number of hydrogen-bond acceptors (Lipinski definition) is 2. The Bertz CT molecular complexity index is 3970. The molecule has 2 aromatic heterocycles. The third kappa shape index (κ3) is 7.15. The van der Waals surface area contributed by atoms with Gasteiger partial charge in [0.2, 0.25) is 0 Å². The van der Waals surface area contributed by atoms with Crippen molar-refractivity contribution >= 4 is 88.5 Å². The lowest BCUT2D eigenvalue weighted by Crippen LogP contribution is -2.10. The standard InChI is InChI=1S/C70H48N4/c1-5-21-51(22-6-1)71(52-23-7-2-8-24-52)65-37-19-39-67-69(65)61-29-13-15-35-63(61)73(67)55-45-41-49(42-46-55)57-31-17-34-60-58(32-18-33-59(57)60)50-43-47-56(48-44-50)74-64-36-16-14-30-62(64)70-66(38-20-40-68(70)74)72(53-25-9-3-10-26-53)54-27-11-4-12-28-54/h1-48H. The van der Waals surface area contributed by atoms with Gasteiger partial charge in [0.05, 0.1) is 33.4 Å². The van der Waals surface area contributed by atoms with Gasteiger partial charge in [0.15, 0.2) is 0 Å². The molecule has 0 aliphatic heterocycles. The normalized spacial score (nSPS) is 11.5. The fourth-order valence-electron chi connectivity index (χ4n) is 11.5. The summed E-state index contributed by atoms with van der Waals surface area (Å²) in [6.45, 7) is 0. The van der Waals surface area contributed by atoms with Crippen molar-refractivity contribution in [2.24, 2.45) is 0 Å². The van der Waals surface area contributed by atoms with Gasteiger partial charge in [-0.3, -0.25) is 0 Å². The van der Waals surface area contributed by atoms with E-state index in [0.29, 0.717) is 0 Å². The zero-order valence-electron chi connectivity index (χ0n) is 40.5. The maximum Gasteiger partial charge on any atom is 0.0562 e. The van der Waals surface area contributed by atoms with E-state index in [9.17, 15) is 0 Å². The molecular weight excluding hydrogens is 897 g/mol. The Morgan fingerprint density at radius 1 is 0.216 bits per heavy atom. The molecule has 14 rings (SSSR count). The highest BCUT2D eigenvalue weighted by Crippen LogP contribution is 2.46. The molecule has 0 N–H and O–H groups in total. The molecule has 4 nitrogen and oxygen atoms in total. The maximum atomic E-state index is 2.42. The van der Waals surface area contributed by atoms with Crippen molar-refractivity contribution in [3.63, 3.8) is 0 Å². The summed E-state index contributed by atoms with van der Waals surface area (Å²) in [6.07, 6.45) is 0. The summed E-state index contributed by atoms with van der Waals surface area (Å²) in [6, 6.07) is 105. The SMILES string of the molecule is c1ccc(N(c2ccccc2)c2cccc3c2c2ccccc2n3-c2ccc(-c3cccc4c(-c5ccc(-n6c7ccccc7c7c(N(c8ccccc8)c8ccccc8)cccc76)cc5)cccc34)cc2)cc1. The molecule has 0 atom stereocenters. The zero-order chi connectivity index (χ0) is 49.0. The van der Waals surface area contributed by atoms with Crippen molar-refractivity contribution in [2.45, 2.75) is 0 Å². The van der Waals surface area contributed by atoms with Crippen LogP contribution in [0.25, 0.3) is 88.0 Å². The molecule has 0 bridgehead atoms. The number of hydrogen-bond donors (Lipinski definition) is 0. The monoisotopic (exact) mass is 944 g/mol.